The molecule has 21 heavy (non-hydrogen) atoms. The van der Waals surface area contributed by atoms with Gasteiger partial charge in [0.25, 0.3) is 5.91 Å². The summed E-state index contributed by atoms with van der Waals surface area (Å²) in [4.78, 5) is 16.9. The first kappa shape index (κ1) is 14.8. The van der Waals surface area contributed by atoms with Crippen molar-refractivity contribution in [1.82, 2.24) is 0 Å². The first-order chi connectivity index (χ1) is 10.1. The van der Waals surface area contributed by atoms with Crippen LogP contribution in [0.15, 0.2) is 47.6 Å². The van der Waals surface area contributed by atoms with Crippen LogP contribution in [0.1, 0.15) is 27.0 Å². The Hall–Kier alpha value is -2.62. The Morgan fingerprint density at radius 2 is 1.86 bits per heavy atom. The largest absolute Gasteiger partial charge is 0.399 e. The van der Waals surface area contributed by atoms with Crippen LogP contribution >= 0.6 is 0 Å². The Morgan fingerprint density at radius 3 is 2.52 bits per heavy atom. The average molecular weight is 282 g/mol. The number of rotatable bonds is 4. The lowest BCUT2D eigenvalue weighted by Gasteiger charge is -2.10. The molecule has 0 heterocycles. The van der Waals surface area contributed by atoms with Crippen LogP contribution < -0.4 is 5.32 Å². The van der Waals surface area contributed by atoms with E-state index in [-0.39, 0.29) is 5.91 Å². The molecule has 2 rings (SSSR count). The first-order valence-electron chi connectivity index (χ1n) is 6.66. The van der Waals surface area contributed by atoms with Crippen LogP contribution in [0, 0.1) is 13.8 Å². The van der Waals surface area contributed by atoms with Crippen molar-refractivity contribution >= 4 is 17.8 Å². The topological polar surface area (TPSA) is 50.7 Å². The minimum Gasteiger partial charge on any atom is -0.399 e. The standard InChI is InChI=1S/C17H18N2O2/c1-12-5-4-6-16(13(12)2)19-17(20)15-9-7-14(8-10-15)11-18-21-3/h4-11H,1-3H3,(H,19,20)/b18-11+. The summed E-state index contributed by atoms with van der Waals surface area (Å²) in [5.41, 5.74) is 4.55. The summed E-state index contributed by atoms with van der Waals surface area (Å²) < 4.78 is 0. The molecule has 4 heteroatoms. The first-order valence-corrected chi connectivity index (χ1v) is 6.66. The molecule has 0 saturated heterocycles. The molecule has 0 aromatic heterocycles. The van der Waals surface area contributed by atoms with E-state index < -0.39 is 0 Å². The van der Waals surface area contributed by atoms with Gasteiger partial charge in [-0.1, -0.05) is 29.4 Å². The number of amides is 1. The van der Waals surface area contributed by atoms with E-state index in [1.807, 2.05) is 44.2 Å². The van der Waals surface area contributed by atoms with Crippen molar-refractivity contribution in [2.75, 3.05) is 12.4 Å². The van der Waals surface area contributed by atoms with Crippen molar-refractivity contribution in [3.63, 3.8) is 0 Å². The zero-order valence-electron chi connectivity index (χ0n) is 12.4. The van der Waals surface area contributed by atoms with E-state index in [2.05, 4.69) is 15.3 Å². The lowest BCUT2D eigenvalue weighted by Crippen LogP contribution is -2.13. The second kappa shape index (κ2) is 6.70. The van der Waals surface area contributed by atoms with Gasteiger partial charge < -0.3 is 10.2 Å². The number of anilines is 1. The van der Waals surface area contributed by atoms with Crippen LogP contribution in [-0.2, 0) is 4.84 Å². The lowest BCUT2D eigenvalue weighted by molar-refractivity contribution is 0.102. The summed E-state index contributed by atoms with van der Waals surface area (Å²) >= 11 is 0. The van der Waals surface area contributed by atoms with Gasteiger partial charge in [0.1, 0.15) is 7.11 Å². The number of carbonyl (C=O) groups excluding carboxylic acids is 1. The van der Waals surface area contributed by atoms with Crippen molar-refractivity contribution in [2.45, 2.75) is 13.8 Å². The highest BCUT2D eigenvalue weighted by atomic mass is 16.6. The highest BCUT2D eigenvalue weighted by molar-refractivity contribution is 6.05. The second-order valence-electron chi connectivity index (χ2n) is 4.74. The zero-order chi connectivity index (χ0) is 15.2. The summed E-state index contributed by atoms with van der Waals surface area (Å²) in [6, 6.07) is 13.0. The Labute approximate surface area is 124 Å². The van der Waals surface area contributed by atoms with Crippen LogP contribution in [0.25, 0.3) is 0 Å². The van der Waals surface area contributed by atoms with Gasteiger partial charge in [0.05, 0.1) is 6.21 Å². The molecule has 0 atom stereocenters. The minimum atomic E-state index is -0.126. The molecule has 0 aliphatic carbocycles. The van der Waals surface area contributed by atoms with Gasteiger partial charge in [0.15, 0.2) is 0 Å². The maximum atomic E-state index is 12.2. The monoisotopic (exact) mass is 282 g/mol. The fraction of sp³-hybridized carbons (Fsp3) is 0.176. The fourth-order valence-electron chi connectivity index (χ4n) is 1.92. The molecule has 0 bridgehead atoms. The van der Waals surface area contributed by atoms with E-state index in [1.165, 1.54) is 7.11 Å². The molecule has 2 aromatic rings. The quantitative estimate of drug-likeness (QED) is 0.689. The van der Waals surface area contributed by atoms with Crippen molar-refractivity contribution < 1.29 is 9.63 Å². The van der Waals surface area contributed by atoms with Gasteiger partial charge >= 0.3 is 0 Å². The number of nitrogens with one attached hydrogen (secondary N) is 1. The Bertz CT molecular complexity index is 661. The van der Waals surface area contributed by atoms with Gasteiger partial charge in [-0.2, -0.15) is 0 Å². The average Bonchev–Trinajstić information content (AvgIpc) is 2.50. The second-order valence-corrected chi connectivity index (χ2v) is 4.74. The van der Waals surface area contributed by atoms with Gasteiger partial charge in [-0.25, -0.2) is 0 Å². The van der Waals surface area contributed by atoms with E-state index in [9.17, 15) is 4.79 Å². The number of hydrogen-bond donors (Lipinski definition) is 1. The molecular formula is C17H18N2O2. The van der Waals surface area contributed by atoms with Crippen LogP contribution in [0.5, 0.6) is 0 Å². The van der Waals surface area contributed by atoms with Gasteiger partial charge in [0.2, 0.25) is 0 Å². The maximum Gasteiger partial charge on any atom is 0.255 e. The Kier molecular flexibility index (Phi) is 4.72. The third-order valence-corrected chi connectivity index (χ3v) is 3.33. The smallest absolute Gasteiger partial charge is 0.255 e. The summed E-state index contributed by atoms with van der Waals surface area (Å²) in [5, 5.41) is 6.61. The van der Waals surface area contributed by atoms with Crippen molar-refractivity contribution in [3.8, 4) is 0 Å². The fourth-order valence-corrected chi connectivity index (χ4v) is 1.92. The van der Waals surface area contributed by atoms with Gasteiger partial charge in [-0.05, 0) is 48.7 Å². The SMILES string of the molecule is CO/N=C/c1ccc(C(=O)Nc2cccc(C)c2C)cc1. The maximum absolute atomic E-state index is 12.2. The zero-order valence-corrected chi connectivity index (χ0v) is 12.4. The number of oxime groups is 1. The van der Waals surface area contributed by atoms with E-state index >= 15 is 0 Å². The van der Waals surface area contributed by atoms with Crippen LogP contribution in [0.4, 0.5) is 5.69 Å². The van der Waals surface area contributed by atoms with E-state index in [1.54, 1.807) is 18.3 Å². The highest BCUT2D eigenvalue weighted by Gasteiger charge is 2.08. The van der Waals surface area contributed by atoms with Crippen LogP contribution in [-0.4, -0.2) is 19.2 Å². The number of carbonyl (C=O) groups is 1. The summed E-state index contributed by atoms with van der Waals surface area (Å²) in [7, 11) is 1.49. The molecule has 0 unspecified atom stereocenters. The Balaban J connectivity index is 2.13. The normalized spacial score (nSPS) is 10.6. The summed E-state index contributed by atoms with van der Waals surface area (Å²) in [5.74, 6) is -0.126. The summed E-state index contributed by atoms with van der Waals surface area (Å²) in [6.07, 6.45) is 1.59. The lowest BCUT2D eigenvalue weighted by atomic mass is 10.1. The molecule has 0 aliphatic rings. The van der Waals surface area contributed by atoms with Gasteiger partial charge in [-0.15, -0.1) is 0 Å². The molecule has 0 spiro atoms. The minimum absolute atomic E-state index is 0.126. The van der Waals surface area contributed by atoms with Crippen molar-refractivity contribution in [2.24, 2.45) is 5.16 Å². The van der Waals surface area contributed by atoms with Crippen molar-refractivity contribution in [1.29, 1.82) is 0 Å². The molecular weight excluding hydrogens is 264 g/mol. The molecule has 108 valence electrons. The van der Waals surface area contributed by atoms with E-state index in [4.69, 9.17) is 0 Å². The van der Waals surface area contributed by atoms with Crippen molar-refractivity contribution in [3.05, 3.63) is 64.7 Å². The van der Waals surface area contributed by atoms with E-state index in [0.29, 0.717) is 5.56 Å². The molecule has 0 fully saturated rings. The number of nitrogens with zero attached hydrogens (tertiary/aromatic N) is 1. The molecule has 2 aromatic carbocycles. The van der Waals surface area contributed by atoms with Gasteiger partial charge in [-0.3, -0.25) is 4.79 Å². The number of aryl methyl sites for hydroxylation is 1. The predicted octanol–water partition coefficient (Wildman–Crippen LogP) is 3.54. The molecule has 4 nitrogen and oxygen atoms in total. The molecule has 0 radical (unpaired) electrons. The van der Waals surface area contributed by atoms with E-state index in [0.717, 1.165) is 22.4 Å². The summed E-state index contributed by atoms with van der Waals surface area (Å²) in [6.45, 7) is 4.02. The molecule has 1 amide bonds. The number of hydrogen-bond acceptors (Lipinski definition) is 3. The number of benzene rings is 2. The van der Waals surface area contributed by atoms with Crippen LogP contribution in [0.2, 0.25) is 0 Å². The molecule has 0 saturated carbocycles. The Morgan fingerprint density at radius 1 is 1.14 bits per heavy atom. The molecule has 0 aliphatic heterocycles. The van der Waals surface area contributed by atoms with Gasteiger partial charge in [0, 0.05) is 11.3 Å². The van der Waals surface area contributed by atoms with Crippen LogP contribution in [0.3, 0.4) is 0 Å². The predicted molar refractivity (Wildman–Crippen MR) is 84.9 cm³/mol. The third-order valence-electron chi connectivity index (χ3n) is 3.33. The highest BCUT2D eigenvalue weighted by Crippen LogP contribution is 2.18. The molecule has 1 N–H and O–H groups in total. The third kappa shape index (κ3) is 3.69.